The minimum absolute atomic E-state index is 0.00833. The third-order valence-electron chi connectivity index (χ3n) is 2.22. The van der Waals surface area contributed by atoms with Gasteiger partial charge in [0.05, 0.1) is 0 Å². The Kier molecular flexibility index (Phi) is 1.72. The maximum atomic E-state index is 11.3. The molecule has 0 aromatic heterocycles. The van der Waals surface area contributed by atoms with Gasteiger partial charge in [-0.2, -0.15) is 0 Å². The fourth-order valence-electron chi connectivity index (χ4n) is 1.42. The van der Waals surface area contributed by atoms with Crippen molar-refractivity contribution >= 4 is 5.78 Å². The minimum atomic E-state index is -0.394. The number of rotatable bonds is 0. The molecule has 1 N–H and O–H groups in total. The van der Waals surface area contributed by atoms with E-state index in [2.05, 4.69) is 0 Å². The summed E-state index contributed by atoms with van der Waals surface area (Å²) in [4.78, 5) is 11.3. The Hall–Kier alpha value is -1.51. The van der Waals surface area contributed by atoms with E-state index >= 15 is 0 Å². The van der Waals surface area contributed by atoms with Crippen molar-refractivity contribution in [2.75, 3.05) is 0 Å². The first-order chi connectivity index (χ1) is 6.18. The van der Waals surface area contributed by atoms with E-state index in [1.54, 1.807) is 25.1 Å². The van der Waals surface area contributed by atoms with Crippen molar-refractivity contribution in [2.45, 2.75) is 19.4 Å². The minimum Gasteiger partial charge on any atom is -0.508 e. The lowest BCUT2D eigenvalue weighted by Crippen LogP contribution is -2.30. The molecule has 0 saturated carbocycles. The van der Waals surface area contributed by atoms with Gasteiger partial charge in [0, 0.05) is 12.0 Å². The molecule has 1 aliphatic heterocycles. The zero-order chi connectivity index (χ0) is 9.42. The molecule has 1 aliphatic rings. The zero-order valence-corrected chi connectivity index (χ0v) is 7.28. The molecule has 0 radical (unpaired) electrons. The van der Waals surface area contributed by atoms with Crippen LogP contribution in [0, 0.1) is 0 Å². The summed E-state index contributed by atoms with van der Waals surface area (Å²) in [5, 5.41) is 9.43. The van der Waals surface area contributed by atoms with Crippen LogP contribution in [0.4, 0.5) is 0 Å². The number of ketones is 1. The van der Waals surface area contributed by atoms with E-state index in [1.165, 1.54) is 0 Å². The number of ether oxygens (including phenoxy) is 1. The molecule has 0 spiro atoms. The SMILES string of the molecule is CC1Oc2cccc(O)c2CC1=O. The van der Waals surface area contributed by atoms with Gasteiger partial charge < -0.3 is 9.84 Å². The van der Waals surface area contributed by atoms with Crippen LogP contribution in [0.2, 0.25) is 0 Å². The van der Waals surface area contributed by atoms with Gasteiger partial charge in [-0.05, 0) is 19.1 Å². The van der Waals surface area contributed by atoms with Gasteiger partial charge in [-0.15, -0.1) is 0 Å². The predicted octanol–water partition coefficient (Wildman–Crippen LogP) is 1.28. The summed E-state index contributed by atoms with van der Waals surface area (Å²) in [7, 11) is 0. The predicted molar refractivity (Wildman–Crippen MR) is 46.9 cm³/mol. The second kappa shape index (κ2) is 2.76. The second-order valence-corrected chi connectivity index (χ2v) is 3.16. The van der Waals surface area contributed by atoms with E-state index in [4.69, 9.17) is 4.74 Å². The molecule has 0 fully saturated rings. The summed E-state index contributed by atoms with van der Waals surface area (Å²) in [5.74, 6) is 0.763. The van der Waals surface area contributed by atoms with Crippen LogP contribution >= 0.6 is 0 Å². The average molecular weight is 178 g/mol. The van der Waals surface area contributed by atoms with Crippen molar-refractivity contribution in [3.63, 3.8) is 0 Å². The standard InChI is InChI=1S/C10H10O3/c1-6-9(12)5-7-8(11)3-2-4-10(7)13-6/h2-4,6,11H,5H2,1H3. The lowest BCUT2D eigenvalue weighted by atomic mass is 10.0. The quantitative estimate of drug-likeness (QED) is 0.651. The van der Waals surface area contributed by atoms with Crippen molar-refractivity contribution in [1.82, 2.24) is 0 Å². The van der Waals surface area contributed by atoms with E-state index < -0.39 is 6.10 Å². The van der Waals surface area contributed by atoms with Gasteiger partial charge in [0.1, 0.15) is 11.5 Å². The molecule has 3 heteroatoms. The summed E-state index contributed by atoms with van der Waals surface area (Å²) >= 11 is 0. The fourth-order valence-corrected chi connectivity index (χ4v) is 1.42. The topological polar surface area (TPSA) is 46.5 Å². The largest absolute Gasteiger partial charge is 0.508 e. The Balaban J connectivity index is 2.48. The highest BCUT2D eigenvalue weighted by Gasteiger charge is 2.25. The molecule has 0 aliphatic carbocycles. The van der Waals surface area contributed by atoms with Crippen molar-refractivity contribution in [1.29, 1.82) is 0 Å². The molecule has 1 aromatic rings. The lowest BCUT2D eigenvalue weighted by molar-refractivity contribution is -0.125. The first kappa shape index (κ1) is 8.10. The van der Waals surface area contributed by atoms with Gasteiger partial charge in [0.25, 0.3) is 0 Å². The highest BCUT2D eigenvalue weighted by Crippen LogP contribution is 2.32. The van der Waals surface area contributed by atoms with Gasteiger partial charge in [-0.3, -0.25) is 4.79 Å². The van der Waals surface area contributed by atoms with Crippen molar-refractivity contribution < 1.29 is 14.6 Å². The Morgan fingerprint density at radius 3 is 3.08 bits per heavy atom. The number of hydrogen-bond acceptors (Lipinski definition) is 3. The van der Waals surface area contributed by atoms with Crippen LogP contribution in [-0.4, -0.2) is 17.0 Å². The molecule has 68 valence electrons. The van der Waals surface area contributed by atoms with E-state index in [0.29, 0.717) is 11.3 Å². The first-order valence-corrected chi connectivity index (χ1v) is 4.18. The maximum absolute atomic E-state index is 11.3. The molecule has 0 amide bonds. The third kappa shape index (κ3) is 1.26. The molecule has 3 nitrogen and oxygen atoms in total. The number of hydrogen-bond donors (Lipinski definition) is 1. The first-order valence-electron chi connectivity index (χ1n) is 4.18. The Labute approximate surface area is 76.0 Å². The van der Waals surface area contributed by atoms with E-state index in [0.717, 1.165) is 0 Å². The van der Waals surface area contributed by atoms with Crippen LogP contribution in [0.25, 0.3) is 0 Å². The summed E-state index contributed by atoms with van der Waals surface area (Å²) < 4.78 is 5.32. The van der Waals surface area contributed by atoms with Crippen LogP contribution in [0.5, 0.6) is 11.5 Å². The number of benzene rings is 1. The maximum Gasteiger partial charge on any atom is 0.177 e. The number of carbonyl (C=O) groups is 1. The molecule has 0 saturated heterocycles. The zero-order valence-electron chi connectivity index (χ0n) is 7.28. The van der Waals surface area contributed by atoms with E-state index in [-0.39, 0.29) is 18.0 Å². The molecule has 1 heterocycles. The third-order valence-corrected chi connectivity index (χ3v) is 2.22. The molecule has 1 unspecified atom stereocenters. The summed E-state index contributed by atoms with van der Waals surface area (Å²) in [6.07, 6.45) is -0.127. The lowest BCUT2D eigenvalue weighted by Gasteiger charge is -2.22. The number of fused-ring (bicyclic) bond motifs is 1. The highest BCUT2D eigenvalue weighted by atomic mass is 16.5. The van der Waals surface area contributed by atoms with E-state index in [1.807, 2.05) is 0 Å². The smallest absolute Gasteiger partial charge is 0.177 e. The van der Waals surface area contributed by atoms with Crippen LogP contribution in [0.15, 0.2) is 18.2 Å². The molecular formula is C10H10O3. The second-order valence-electron chi connectivity index (χ2n) is 3.16. The van der Waals surface area contributed by atoms with Gasteiger partial charge >= 0.3 is 0 Å². The number of carbonyl (C=O) groups excluding carboxylic acids is 1. The van der Waals surface area contributed by atoms with Crippen molar-refractivity contribution in [3.05, 3.63) is 23.8 Å². The molecular weight excluding hydrogens is 168 g/mol. The highest BCUT2D eigenvalue weighted by molar-refractivity contribution is 5.88. The molecule has 0 bridgehead atoms. The number of phenols is 1. The molecule has 1 aromatic carbocycles. The van der Waals surface area contributed by atoms with Crippen LogP contribution in [0.1, 0.15) is 12.5 Å². The van der Waals surface area contributed by atoms with Crippen molar-refractivity contribution in [3.8, 4) is 11.5 Å². The van der Waals surface area contributed by atoms with Crippen LogP contribution in [0.3, 0.4) is 0 Å². The summed E-state index contributed by atoms with van der Waals surface area (Å²) in [6, 6.07) is 5.03. The van der Waals surface area contributed by atoms with Crippen LogP contribution in [-0.2, 0) is 11.2 Å². The molecule has 1 atom stereocenters. The number of phenolic OH excluding ortho intramolecular Hbond substituents is 1. The van der Waals surface area contributed by atoms with Gasteiger partial charge in [0.2, 0.25) is 0 Å². The fraction of sp³-hybridized carbons (Fsp3) is 0.300. The Morgan fingerprint density at radius 2 is 2.31 bits per heavy atom. The summed E-state index contributed by atoms with van der Waals surface area (Å²) in [6.45, 7) is 1.72. The van der Waals surface area contributed by atoms with Gasteiger partial charge in [0.15, 0.2) is 11.9 Å². The molecule has 13 heavy (non-hydrogen) atoms. The van der Waals surface area contributed by atoms with Crippen molar-refractivity contribution in [2.24, 2.45) is 0 Å². The summed E-state index contributed by atoms with van der Waals surface area (Å²) in [5.41, 5.74) is 0.602. The van der Waals surface area contributed by atoms with Gasteiger partial charge in [-0.1, -0.05) is 6.07 Å². The van der Waals surface area contributed by atoms with Crippen LogP contribution < -0.4 is 4.74 Å². The number of Topliss-reactive ketones (excluding diaryl/α,β-unsaturated/α-hetero) is 1. The average Bonchev–Trinajstić information content (AvgIpc) is 2.09. The monoisotopic (exact) mass is 178 g/mol. The number of aromatic hydroxyl groups is 1. The normalized spacial score (nSPS) is 20.7. The Morgan fingerprint density at radius 1 is 1.54 bits per heavy atom. The van der Waals surface area contributed by atoms with Gasteiger partial charge in [-0.25, -0.2) is 0 Å². The Bertz CT molecular complexity index is 357. The molecule has 2 rings (SSSR count). The van der Waals surface area contributed by atoms with E-state index in [9.17, 15) is 9.90 Å².